The summed E-state index contributed by atoms with van der Waals surface area (Å²) in [6.07, 6.45) is 0.714. The number of carbonyl (C=O) groups excluding carboxylic acids is 2. The van der Waals surface area contributed by atoms with Crippen molar-refractivity contribution in [2.75, 3.05) is 13.2 Å². The smallest absolute Gasteiger partial charge is 0.221 e. The molecule has 0 aromatic rings. The van der Waals surface area contributed by atoms with Gasteiger partial charge in [-0.25, -0.2) is 0 Å². The largest absolute Gasteiger partial charge is 0.394 e. The molecule has 0 aliphatic rings. The molecule has 0 radical (unpaired) electrons. The molecule has 5 heteroatoms. The Labute approximate surface area is 89.5 Å². The molecule has 0 heterocycles. The summed E-state index contributed by atoms with van der Waals surface area (Å²) in [5, 5.41) is 20.7. The molecule has 0 bridgehead atoms. The van der Waals surface area contributed by atoms with Crippen molar-refractivity contribution in [1.82, 2.24) is 5.32 Å². The van der Waals surface area contributed by atoms with Crippen LogP contribution >= 0.6 is 0 Å². The summed E-state index contributed by atoms with van der Waals surface area (Å²) in [5.41, 5.74) is -0.964. The number of hydrogen-bond donors (Lipinski definition) is 3. The molecule has 0 saturated carbocycles. The molecule has 15 heavy (non-hydrogen) atoms. The zero-order chi connectivity index (χ0) is 11.9. The molecule has 0 saturated heterocycles. The SMILES string of the molecule is CCC(CO)(CO)NC(=O)CCC(C)=O. The summed E-state index contributed by atoms with van der Waals surface area (Å²) in [5.74, 6) is -0.379. The minimum atomic E-state index is -0.964. The summed E-state index contributed by atoms with van der Waals surface area (Å²) >= 11 is 0. The van der Waals surface area contributed by atoms with E-state index < -0.39 is 5.54 Å². The first-order valence-corrected chi connectivity index (χ1v) is 5.02. The van der Waals surface area contributed by atoms with Gasteiger partial charge < -0.3 is 20.3 Å². The monoisotopic (exact) mass is 217 g/mol. The van der Waals surface area contributed by atoms with Gasteiger partial charge in [-0.1, -0.05) is 6.92 Å². The molecule has 0 aromatic heterocycles. The molecule has 0 aromatic carbocycles. The number of carbonyl (C=O) groups is 2. The highest BCUT2D eigenvalue weighted by Crippen LogP contribution is 2.08. The highest BCUT2D eigenvalue weighted by molar-refractivity contribution is 5.83. The van der Waals surface area contributed by atoms with E-state index in [1.54, 1.807) is 6.92 Å². The summed E-state index contributed by atoms with van der Waals surface area (Å²) in [6.45, 7) is 2.55. The lowest BCUT2D eigenvalue weighted by Gasteiger charge is -2.29. The maximum atomic E-state index is 11.4. The first-order valence-electron chi connectivity index (χ1n) is 5.02. The van der Waals surface area contributed by atoms with Crippen molar-refractivity contribution in [3.05, 3.63) is 0 Å². The lowest BCUT2D eigenvalue weighted by atomic mass is 9.98. The summed E-state index contributed by atoms with van der Waals surface area (Å²) in [6, 6.07) is 0. The van der Waals surface area contributed by atoms with Gasteiger partial charge in [0.1, 0.15) is 5.78 Å². The zero-order valence-corrected chi connectivity index (χ0v) is 9.25. The van der Waals surface area contributed by atoms with Gasteiger partial charge in [-0.2, -0.15) is 0 Å². The number of amides is 1. The summed E-state index contributed by atoms with van der Waals surface area (Å²) in [4.78, 5) is 22.0. The van der Waals surface area contributed by atoms with Gasteiger partial charge in [-0.3, -0.25) is 4.79 Å². The molecule has 1 amide bonds. The maximum absolute atomic E-state index is 11.4. The van der Waals surface area contributed by atoms with Crippen molar-refractivity contribution >= 4 is 11.7 Å². The molecule has 5 nitrogen and oxygen atoms in total. The molecule has 0 aliphatic carbocycles. The average Bonchev–Trinajstić information content (AvgIpc) is 2.23. The molecule has 0 aliphatic heterocycles. The van der Waals surface area contributed by atoms with Crippen molar-refractivity contribution in [2.24, 2.45) is 0 Å². The number of aliphatic hydroxyl groups excluding tert-OH is 2. The Morgan fingerprint density at radius 3 is 2.07 bits per heavy atom. The van der Waals surface area contributed by atoms with E-state index in [2.05, 4.69) is 5.32 Å². The Morgan fingerprint density at radius 1 is 1.20 bits per heavy atom. The van der Waals surface area contributed by atoms with Crippen LogP contribution in [0.4, 0.5) is 0 Å². The lowest BCUT2D eigenvalue weighted by molar-refractivity contribution is -0.127. The third-order valence-corrected chi connectivity index (χ3v) is 2.39. The Hall–Kier alpha value is -0.940. The molecule has 0 rings (SSSR count). The minimum absolute atomic E-state index is 0.0553. The van der Waals surface area contributed by atoms with E-state index in [0.717, 1.165) is 0 Å². The minimum Gasteiger partial charge on any atom is -0.394 e. The van der Waals surface area contributed by atoms with Crippen molar-refractivity contribution in [3.8, 4) is 0 Å². The maximum Gasteiger partial charge on any atom is 0.221 e. The number of aliphatic hydroxyl groups is 2. The second-order valence-corrected chi connectivity index (χ2v) is 3.70. The van der Waals surface area contributed by atoms with Crippen LogP contribution in [-0.2, 0) is 9.59 Å². The average molecular weight is 217 g/mol. The predicted octanol–water partition coefficient (Wildman–Crippen LogP) is -0.395. The molecule has 88 valence electrons. The van der Waals surface area contributed by atoms with Crippen LogP contribution in [-0.4, -0.2) is 40.7 Å². The van der Waals surface area contributed by atoms with Gasteiger partial charge in [0, 0.05) is 12.8 Å². The third kappa shape index (κ3) is 4.90. The molecule has 0 atom stereocenters. The fourth-order valence-electron chi connectivity index (χ4n) is 1.09. The predicted molar refractivity (Wildman–Crippen MR) is 55.3 cm³/mol. The lowest BCUT2D eigenvalue weighted by Crippen LogP contribution is -2.53. The van der Waals surface area contributed by atoms with Crippen LogP contribution in [0.2, 0.25) is 0 Å². The third-order valence-electron chi connectivity index (χ3n) is 2.39. The van der Waals surface area contributed by atoms with E-state index in [4.69, 9.17) is 10.2 Å². The fraction of sp³-hybridized carbons (Fsp3) is 0.800. The molecule has 0 unspecified atom stereocenters. The highest BCUT2D eigenvalue weighted by Gasteiger charge is 2.28. The van der Waals surface area contributed by atoms with E-state index in [1.165, 1.54) is 6.92 Å². The number of Topliss-reactive ketones (excluding diaryl/α,β-unsaturated/α-hetero) is 1. The van der Waals surface area contributed by atoms with Crippen molar-refractivity contribution in [3.63, 3.8) is 0 Å². The van der Waals surface area contributed by atoms with Gasteiger partial charge >= 0.3 is 0 Å². The quantitative estimate of drug-likeness (QED) is 0.542. The Kier molecular flexibility index (Phi) is 6.12. The van der Waals surface area contributed by atoms with Crippen LogP contribution in [0.1, 0.15) is 33.1 Å². The Bertz CT molecular complexity index is 215. The van der Waals surface area contributed by atoms with E-state index in [9.17, 15) is 9.59 Å². The van der Waals surface area contributed by atoms with E-state index in [0.29, 0.717) is 6.42 Å². The van der Waals surface area contributed by atoms with Gasteiger partial charge in [-0.05, 0) is 13.3 Å². The first-order chi connectivity index (χ1) is 6.99. The highest BCUT2D eigenvalue weighted by atomic mass is 16.3. The normalized spacial score (nSPS) is 11.2. The number of rotatable bonds is 7. The van der Waals surface area contributed by atoms with Crippen LogP contribution in [0.3, 0.4) is 0 Å². The van der Waals surface area contributed by atoms with Crippen LogP contribution in [0.15, 0.2) is 0 Å². The number of hydrogen-bond acceptors (Lipinski definition) is 4. The molecule has 0 spiro atoms. The molecular weight excluding hydrogens is 198 g/mol. The van der Waals surface area contributed by atoms with E-state index >= 15 is 0 Å². The van der Waals surface area contributed by atoms with Gasteiger partial charge in [0.15, 0.2) is 0 Å². The van der Waals surface area contributed by atoms with Crippen molar-refractivity contribution in [2.45, 2.75) is 38.6 Å². The first kappa shape index (κ1) is 14.1. The van der Waals surface area contributed by atoms with Crippen molar-refractivity contribution in [1.29, 1.82) is 0 Å². The van der Waals surface area contributed by atoms with Gasteiger partial charge in [-0.15, -0.1) is 0 Å². The van der Waals surface area contributed by atoms with Gasteiger partial charge in [0.25, 0.3) is 0 Å². The Balaban J connectivity index is 4.17. The van der Waals surface area contributed by atoms with Crippen molar-refractivity contribution < 1.29 is 19.8 Å². The van der Waals surface area contributed by atoms with E-state index in [1.807, 2.05) is 0 Å². The van der Waals surface area contributed by atoms with Gasteiger partial charge in [0.2, 0.25) is 5.91 Å². The van der Waals surface area contributed by atoms with Crippen LogP contribution < -0.4 is 5.32 Å². The van der Waals surface area contributed by atoms with Crippen LogP contribution in [0, 0.1) is 0 Å². The number of ketones is 1. The topological polar surface area (TPSA) is 86.6 Å². The molecule has 0 fully saturated rings. The Morgan fingerprint density at radius 2 is 1.73 bits per heavy atom. The number of nitrogens with one attached hydrogen (secondary N) is 1. The standard InChI is InChI=1S/C10H19NO4/c1-3-10(6-12,7-13)11-9(15)5-4-8(2)14/h12-13H,3-7H2,1-2H3,(H,11,15). The summed E-state index contributed by atoms with van der Waals surface area (Å²) < 4.78 is 0. The second-order valence-electron chi connectivity index (χ2n) is 3.70. The molecular formula is C10H19NO4. The van der Waals surface area contributed by atoms with Crippen LogP contribution in [0.5, 0.6) is 0 Å². The summed E-state index contributed by atoms with van der Waals surface area (Å²) in [7, 11) is 0. The zero-order valence-electron chi connectivity index (χ0n) is 9.25. The van der Waals surface area contributed by atoms with Gasteiger partial charge in [0.05, 0.1) is 18.8 Å². The fourth-order valence-corrected chi connectivity index (χ4v) is 1.09. The molecule has 3 N–H and O–H groups in total. The van der Waals surface area contributed by atoms with E-state index in [-0.39, 0.29) is 37.7 Å². The van der Waals surface area contributed by atoms with Crippen LogP contribution in [0.25, 0.3) is 0 Å². The second kappa shape index (κ2) is 6.53.